The SMILES string of the molecule is CC[C@@H]1Oc2ccc(S(=O)(=O)N3CCC(C(=O)NC4CC4)CC3)cc2NC1=O. The molecule has 28 heavy (non-hydrogen) atoms. The fourth-order valence-corrected chi connectivity index (χ4v) is 5.11. The summed E-state index contributed by atoms with van der Waals surface area (Å²) in [6.45, 7) is 2.47. The van der Waals surface area contributed by atoms with E-state index in [1.165, 1.54) is 16.4 Å². The summed E-state index contributed by atoms with van der Waals surface area (Å²) in [6.07, 6.45) is 3.08. The molecule has 1 aromatic rings. The minimum Gasteiger partial charge on any atom is -0.478 e. The van der Waals surface area contributed by atoms with Crippen molar-refractivity contribution >= 4 is 27.5 Å². The molecule has 2 heterocycles. The van der Waals surface area contributed by atoms with Gasteiger partial charge in [-0.3, -0.25) is 9.59 Å². The van der Waals surface area contributed by atoms with Gasteiger partial charge in [0.2, 0.25) is 15.9 Å². The molecule has 1 atom stereocenters. The normalized spacial score (nSPS) is 23.5. The Kier molecular flexibility index (Phi) is 5.05. The molecule has 4 rings (SSSR count). The van der Waals surface area contributed by atoms with E-state index in [1.807, 2.05) is 6.92 Å². The molecule has 0 aromatic heterocycles. The highest BCUT2D eigenvalue weighted by molar-refractivity contribution is 7.89. The van der Waals surface area contributed by atoms with Gasteiger partial charge in [0.05, 0.1) is 10.6 Å². The zero-order chi connectivity index (χ0) is 19.9. The minimum atomic E-state index is -3.70. The second kappa shape index (κ2) is 7.36. The van der Waals surface area contributed by atoms with Gasteiger partial charge in [-0.15, -0.1) is 0 Å². The van der Waals surface area contributed by atoms with Gasteiger partial charge < -0.3 is 15.4 Å². The highest BCUT2D eigenvalue weighted by Gasteiger charge is 2.35. The van der Waals surface area contributed by atoms with Crippen LogP contribution in [0.5, 0.6) is 5.75 Å². The number of carbonyl (C=O) groups excluding carboxylic acids is 2. The number of sulfonamides is 1. The monoisotopic (exact) mass is 407 g/mol. The second-order valence-corrected chi connectivity index (χ2v) is 9.56. The zero-order valence-electron chi connectivity index (χ0n) is 15.8. The first-order valence-corrected chi connectivity index (χ1v) is 11.2. The van der Waals surface area contributed by atoms with Crippen molar-refractivity contribution < 1.29 is 22.7 Å². The molecule has 152 valence electrons. The summed E-state index contributed by atoms with van der Waals surface area (Å²) < 4.78 is 33.1. The maximum Gasteiger partial charge on any atom is 0.265 e. The van der Waals surface area contributed by atoms with Gasteiger partial charge in [0.25, 0.3) is 5.91 Å². The quantitative estimate of drug-likeness (QED) is 0.769. The number of amides is 2. The van der Waals surface area contributed by atoms with Gasteiger partial charge in [0.15, 0.2) is 6.10 Å². The van der Waals surface area contributed by atoms with Gasteiger partial charge >= 0.3 is 0 Å². The molecule has 1 aliphatic carbocycles. The van der Waals surface area contributed by atoms with Crippen LogP contribution in [0.2, 0.25) is 0 Å². The number of piperidine rings is 1. The maximum atomic E-state index is 13.0. The van der Waals surface area contributed by atoms with Crippen LogP contribution < -0.4 is 15.4 Å². The lowest BCUT2D eigenvalue weighted by atomic mass is 9.97. The third kappa shape index (κ3) is 3.73. The first-order chi connectivity index (χ1) is 13.4. The Hall–Kier alpha value is -2.13. The lowest BCUT2D eigenvalue weighted by Crippen LogP contribution is -2.43. The van der Waals surface area contributed by atoms with Crippen molar-refractivity contribution in [3.8, 4) is 5.75 Å². The van der Waals surface area contributed by atoms with Crippen LogP contribution in [0.4, 0.5) is 5.69 Å². The van der Waals surface area contributed by atoms with Gasteiger partial charge in [0.1, 0.15) is 5.75 Å². The number of rotatable bonds is 5. The number of hydrogen-bond donors (Lipinski definition) is 2. The first-order valence-electron chi connectivity index (χ1n) is 9.80. The van der Waals surface area contributed by atoms with Crippen molar-refractivity contribution in [2.45, 2.75) is 56.1 Å². The van der Waals surface area contributed by atoms with Gasteiger partial charge in [-0.05, 0) is 50.3 Å². The predicted octanol–water partition coefficient (Wildman–Crippen LogP) is 1.48. The van der Waals surface area contributed by atoms with E-state index >= 15 is 0 Å². The van der Waals surface area contributed by atoms with Crippen molar-refractivity contribution in [1.82, 2.24) is 9.62 Å². The molecule has 0 spiro atoms. The van der Waals surface area contributed by atoms with Crippen molar-refractivity contribution in [2.24, 2.45) is 5.92 Å². The van der Waals surface area contributed by atoms with E-state index in [-0.39, 0.29) is 22.6 Å². The minimum absolute atomic E-state index is 0.0404. The molecule has 0 radical (unpaired) electrons. The fraction of sp³-hybridized carbons (Fsp3) is 0.579. The Labute approximate surface area is 164 Å². The van der Waals surface area contributed by atoms with Crippen LogP contribution in [0.1, 0.15) is 39.0 Å². The van der Waals surface area contributed by atoms with Gasteiger partial charge in [-0.2, -0.15) is 4.31 Å². The third-order valence-electron chi connectivity index (χ3n) is 5.53. The lowest BCUT2D eigenvalue weighted by molar-refractivity contribution is -0.126. The number of benzene rings is 1. The summed E-state index contributed by atoms with van der Waals surface area (Å²) in [5.74, 6) is 0.112. The van der Waals surface area contributed by atoms with Crippen LogP contribution in [-0.4, -0.2) is 49.8 Å². The van der Waals surface area contributed by atoms with E-state index in [4.69, 9.17) is 4.74 Å². The van der Waals surface area contributed by atoms with Gasteiger partial charge in [0, 0.05) is 25.0 Å². The topological polar surface area (TPSA) is 105 Å². The molecule has 0 unspecified atom stereocenters. The standard InChI is InChI=1S/C19H25N3O5S/c1-2-16-19(24)21-15-11-14(5-6-17(15)27-16)28(25,26)22-9-7-12(8-10-22)18(23)20-13-3-4-13/h5-6,11-13,16H,2-4,7-10H2,1H3,(H,20,23)(H,21,24)/t16-/m0/s1. The fourth-order valence-electron chi connectivity index (χ4n) is 3.61. The van der Waals surface area contributed by atoms with Crippen molar-refractivity contribution in [2.75, 3.05) is 18.4 Å². The van der Waals surface area contributed by atoms with Crippen LogP contribution in [0.25, 0.3) is 0 Å². The molecular weight excluding hydrogens is 382 g/mol. The molecule has 1 saturated heterocycles. The summed E-state index contributed by atoms with van der Waals surface area (Å²) in [5, 5.41) is 5.72. The average Bonchev–Trinajstić information content (AvgIpc) is 3.51. The molecular formula is C19H25N3O5S. The third-order valence-corrected chi connectivity index (χ3v) is 7.42. The van der Waals surface area contributed by atoms with E-state index in [0.29, 0.717) is 49.8 Å². The average molecular weight is 407 g/mol. The Morgan fingerprint density at radius 3 is 2.61 bits per heavy atom. The molecule has 2 fully saturated rings. The molecule has 2 amide bonds. The number of ether oxygens (including phenoxy) is 1. The van der Waals surface area contributed by atoms with E-state index in [0.717, 1.165) is 12.8 Å². The summed E-state index contributed by atoms with van der Waals surface area (Å²) >= 11 is 0. The van der Waals surface area contributed by atoms with Crippen molar-refractivity contribution in [3.63, 3.8) is 0 Å². The molecule has 1 aromatic carbocycles. The van der Waals surface area contributed by atoms with Crippen LogP contribution >= 0.6 is 0 Å². The van der Waals surface area contributed by atoms with E-state index in [2.05, 4.69) is 10.6 Å². The van der Waals surface area contributed by atoms with Gasteiger partial charge in [-0.1, -0.05) is 6.92 Å². The van der Waals surface area contributed by atoms with Crippen molar-refractivity contribution in [3.05, 3.63) is 18.2 Å². The largest absolute Gasteiger partial charge is 0.478 e. The molecule has 3 aliphatic rings. The van der Waals surface area contributed by atoms with Crippen LogP contribution in [0.15, 0.2) is 23.1 Å². The number of hydrogen-bond acceptors (Lipinski definition) is 5. The highest BCUT2D eigenvalue weighted by Crippen LogP contribution is 2.34. The summed E-state index contributed by atoms with van der Waals surface area (Å²) in [6, 6.07) is 4.85. The number of carbonyl (C=O) groups is 2. The van der Waals surface area contributed by atoms with Crippen LogP contribution in [0.3, 0.4) is 0 Å². The Morgan fingerprint density at radius 1 is 1.25 bits per heavy atom. The Morgan fingerprint density at radius 2 is 1.96 bits per heavy atom. The lowest BCUT2D eigenvalue weighted by Gasteiger charge is -2.31. The van der Waals surface area contributed by atoms with E-state index in [9.17, 15) is 18.0 Å². The van der Waals surface area contributed by atoms with Crippen LogP contribution in [0, 0.1) is 5.92 Å². The molecule has 1 saturated carbocycles. The Balaban J connectivity index is 1.45. The zero-order valence-corrected chi connectivity index (χ0v) is 16.6. The molecule has 0 bridgehead atoms. The number of nitrogens with one attached hydrogen (secondary N) is 2. The first kappa shape index (κ1) is 19.2. The highest BCUT2D eigenvalue weighted by atomic mass is 32.2. The smallest absolute Gasteiger partial charge is 0.265 e. The predicted molar refractivity (Wildman–Crippen MR) is 102 cm³/mol. The number of fused-ring (bicyclic) bond motifs is 1. The molecule has 8 nitrogen and oxygen atoms in total. The van der Waals surface area contributed by atoms with Gasteiger partial charge in [-0.25, -0.2) is 8.42 Å². The molecule has 9 heteroatoms. The molecule has 2 aliphatic heterocycles. The number of nitrogens with zero attached hydrogens (tertiary/aromatic N) is 1. The summed E-state index contributed by atoms with van der Waals surface area (Å²) in [7, 11) is -3.70. The Bertz CT molecular complexity index is 889. The summed E-state index contributed by atoms with van der Waals surface area (Å²) in [5.41, 5.74) is 0.370. The van der Waals surface area contributed by atoms with E-state index < -0.39 is 16.1 Å². The van der Waals surface area contributed by atoms with Crippen LogP contribution in [-0.2, 0) is 19.6 Å². The molecule has 2 N–H and O–H groups in total. The van der Waals surface area contributed by atoms with E-state index in [1.54, 1.807) is 6.07 Å². The maximum absolute atomic E-state index is 13.0. The number of anilines is 1. The van der Waals surface area contributed by atoms with Crippen molar-refractivity contribution in [1.29, 1.82) is 0 Å². The summed E-state index contributed by atoms with van der Waals surface area (Å²) in [4.78, 5) is 24.3. The second-order valence-electron chi connectivity index (χ2n) is 7.62.